The van der Waals surface area contributed by atoms with Gasteiger partial charge >= 0.3 is 0 Å². The van der Waals surface area contributed by atoms with Crippen LogP contribution in [0, 0.1) is 3.95 Å². The first-order valence-corrected chi connectivity index (χ1v) is 11.0. The molecule has 4 rings (SSSR count). The number of pyridine rings is 1. The van der Waals surface area contributed by atoms with E-state index in [4.69, 9.17) is 28.3 Å². The maximum Gasteiger partial charge on any atom is 0.226 e. The second-order valence-electron chi connectivity index (χ2n) is 5.72. The monoisotopic (exact) mass is 447 g/mol. The lowest BCUT2D eigenvalue weighted by molar-refractivity contribution is 0.378. The fourth-order valence-corrected chi connectivity index (χ4v) is 4.92. The molecule has 0 bridgehead atoms. The highest BCUT2D eigenvalue weighted by molar-refractivity contribution is 8.01. The predicted octanol–water partition coefficient (Wildman–Crippen LogP) is 5.49. The van der Waals surface area contributed by atoms with Crippen LogP contribution in [-0.4, -0.2) is 30.7 Å². The average molecular weight is 448 g/mol. The number of rotatable bonds is 7. The van der Waals surface area contributed by atoms with Crippen molar-refractivity contribution in [1.82, 2.24) is 24.9 Å². The van der Waals surface area contributed by atoms with E-state index in [-0.39, 0.29) is 0 Å². The molecule has 0 radical (unpaired) electrons. The first kappa shape index (κ1) is 19.3. The van der Waals surface area contributed by atoms with Gasteiger partial charge in [-0.25, -0.2) is 4.68 Å². The Morgan fingerprint density at radius 3 is 2.71 bits per heavy atom. The van der Waals surface area contributed by atoms with E-state index in [1.54, 1.807) is 28.8 Å². The topological polar surface area (TPSA) is 69.6 Å². The second kappa shape index (κ2) is 8.95. The molecule has 0 N–H and O–H groups in total. The van der Waals surface area contributed by atoms with Gasteiger partial charge in [0.05, 0.1) is 5.69 Å². The Hall–Kier alpha value is -2.07. The van der Waals surface area contributed by atoms with Gasteiger partial charge in [0.1, 0.15) is 0 Å². The Morgan fingerprint density at radius 1 is 1.14 bits per heavy atom. The van der Waals surface area contributed by atoms with E-state index < -0.39 is 0 Å². The summed E-state index contributed by atoms with van der Waals surface area (Å²) in [6.45, 7) is 0. The van der Waals surface area contributed by atoms with Crippen molar-refractivity contribution in [2.24, 2.45) is 0 Å². The van der Waals surface area contributed by atoms with Crippen LogP contribution in [0.5, 0.6) is 0 Å². The molecule has 3 heterocycles. The van der Waals surface area contributed by atoms with E-state index in [2.05, 4.69) is 20.2 Å². The third-order valence-electron chi connectivity index (χ3n) is 3.77. The molecule has 6 nitrogen and oxygen atoms in total. The average Bonchev–Trinajstić information content (AvgIpc) is 3.33. The molecule has 10 heteroatoms. The van der Waals surface area contributed by atoms with Crippen LogP contribution in [0.2, 0.25) is 5.02 Å². The molecular weight excluding hydrogens is 434 g/mol. The van der Waals surface area contributed by atoms with Gasteiger partial charge in [-0.1, -0.05) is 39.9 Å². The van der Waals surface area contributed by atoms with Crippen molar-refractivity contribution in [3.63, 3.8) is 0 Å². The smallest absolute Gasteiger partial charge is 0.226 e. The zero-order valence-electron chi connectivity index (χ0n) is 14.5. The lowest BCUT2D eigenvalue weighted by Crippen LogP contribution is -1.96. The maximum absolute atomic E-state index is 5.94. The Morgan fingerprint density at radius 2 is 1.93 bits per heavy atom. The van der Waals surface area contributed by atoms with Crippen LogP contribution in [0.3, 0.4) is 0 Å². The van der Waals surface area contributed by atoms with Crippen LogP contribution < -0.4 is 0 Å². The molecular formula is C18H14ClN5OS3. The Labute approximate surface area is 179 Å². The first-order chi connectivity index (χ1) is 13.7. The second-order valence-corrected chi connectivity index (χ2v) is 9.12. The Bertz CT molecular complexity index is 1110. The third kappa shape index (κ3) is 4.67. The molecule has 142 valence electrons. The van der Waals surface area contributed by atoms with Gasteiger partial charge in [-0.05, 0) is 55.0 Å². The van der Waals surface area contributed by atoms with Gasteiger partial charge in [0.25, 0.3) is 0 Å². The summed E-state index contributed by atoms with van der Waals surface area (Å²) in [5.74, 6) is 2.10. The molecule has 0 saturated heterocycles. The molecule has 28 heavy (non-hydrogen) atoms. The minimum Gasteiger partial charge on any atom is -0.339 e. The molecule has 4 aromatic rings. The molecule has 0 atom stereocenters. The first-order valence-electron chi connectivity index (χ1n) is 8.41. The highest BCUT2D eigenvalue weighted by Gasteiger charge is 2.10. The lowest BCUT2D eigenvalue weighted by Gasteiger charge is -2.00. The molecule has 3 aromatic heterocycles. The van der Waals surface area contributed by atoms with E-state index >= 15 is 0 Å². The van der Waals surface area contributed by atoms with Crippen molar-refractivity contribution < 1.29 is 4.52 Å². The van der Waals surface area contributed by atoms with Crippen LogP contribution in [-0.2, 0) is 6.42 Å². The minimum absolute atomic E-state index is 0.588. The SMILES string of the molecule is S=c1sc(SCCCc2nc(-c3ccncc3)no2)nn1-c1ccc(Cl)cc1. The summed E-state index contributed by atoms with van der Waals surface area (Å²) in [6, 6.07) is 11.2. The van der Waals surface area contributed by atoms with Gasteiger partial charge in [0.15, 0.2) is 8.29 Å². The van der Waals surface area contributed by atoms with Gasteiger partial charge in [-0.2, -0.15) is 4.98 Å². The number of halogens is 1. The van der Waals surface area contributed by atoms with E-state index in [1.807, 2.05) is 36.4 Å². The maximum atomic E-state index is 5.94. The standard InChI is InChI=1S/C18H14ClN5OS3/c19-13-3-5-14(6-4-13)24-18(26)28-17(22-24)27-11-1-2-15-21-16(23-25-15)12-7-9-20-10-8-12/h3-10H,1-2,11H2. The number of hydrogen-bond donors (Lipinski definition) is 0. The van der Waals surface area contributed by atoms with Crippen molar-refractivity contribution in [3.05, 3.63) is 63.7 Å². The van der Waals surface area contributed by atoms with Gasteiger partial charge in [0.2, 0.25) is 11.7 Å². The molecule has 0 amide bonds. The zero-order valence-corrected chi connectivity index (χ0v) is 17.7. The van der Waals surface area contributed by atoms with Crippen molar-refractivity contribution in [2.45, 2.75) is 17.2 Å². The number of thioether (sulfide) groups is 1. The molecule has 0 aliphatic carbocycles. The number of aryl methyl sites for hydroxylation is 1. The fourth-order valence-electron chi connectivity index (χ4n) is 2.42. The Kier molecular flexibility index (Phi) is 6.16. The number of benzene rings is 1. The molecule has 1 aromatic carbocycles. The van der Waals surface area contributed by atoms with Gasteiger partial charge in [-0.15, -0.1) is 5.10 Å². The number of hydrogen-bond acceptors (Lipinski definition) is 8. The summed E-state index contributed by atoms with van der Waals surface area (Å²) >= 11 is 14.5. The molecule has 0 fully saturated rings. The van der Waals surface area contributed by atoms with E-state index in [0.29, 0.717) is 27.1 Å². The highest BCUT2D eigenvalue weighted by atomic mass is 35.5. The summed E-state index contributed by atoms with van der Waals surface area (Å²) < 4.78 is 8.73. The van der Waals surface area contributed by atoms with E-state index in [1.165, 1.54) is 11.3 Å². The van der Waals surface area contributed by atoms with Gasteiger partial charge < -0.3 is 4.52 Å². The van der Waals surface area contributed by atoms with Gasteiger partial charge in [0, 0.05) is 35.2 Å². The predicted molar refractivity (Wildman–Crippen MR) is 114 cm³/mol. The largest absolute Gasteiger partial charge is 0.339 e. The lowest BCUT2D eigenvalue weighted by atomic mass is 10.2. The summed E-state index contributed by atoms with van der Waals surface area (Å²) in [5, 5.41) is 9.30. The van der Waals surface area contributed by atoms with Crippen molar-refractivity contribution in [3.8, 4) is 17.1 Å². The molecule has 0 unspecified atom stereocenters. The summed E-state index contributed by atoms with van der Waals surface area (Å²) in [4.78, 5) is 8.42. The summed E-state index contributed by atoms with van der Waals surface area (Å²) in [7, 11) is 0. The fraction of sp³-hybridized carbons (Fsp3) is 0.167. The van der Waals surface area contributed by atoms with E-state index in [9.17, 15) is 0 Å². The summed E-state index contributed by atoms with van der Waals surface area (Å²) in [6.07, 6.45) is 5.03. The number of nitrogens with zero attached hydrogens (tertiary/aromatic N) is 5. The normalized spacial score (nSPS) is 11.0. The van der Waals surface area contributed by atoms with Crippen LogP contribution in [0.4, 0.5) is 0 Å². The van der Waals surface area contributed by atoms with Crippen molar-refractivity contribution >= 4 is 46.9 Å². The highest BCUT2D eigenvalue weighted by Crippen LogP contribution is 2.25. The van der Waals surface area contributed by atoms with E-state index in [0.717, 1.165) is 27.8 Å². The van der Waals surface area contributed by atoms with Crippen LogP contribution >= 0.6 is 46.9 Å². The number of aromatic nitrogens is 5. The van der Waals surface area contributed by atoms with Crippen molar-refractivity contribution in [2.75, 3.05) is 5.75 Å². The Balaban J connectivity index is 1.31. The van der Waals surface area contributed by atoms with Crippen LogP contribution in [0.15, 0.2) is 57.7 Å². The molecule has 0 saturated carbocycles. The van der Waals surface area contributed by atoms with Gasteiger partial charge in [-0.3, -0.25) is 4.98 Å². The third-order valence-corrected chi connectivity index (χ3v) is 6.47. The minimum atomic E-state index is 0.588. The van der Waals surface area contributed by atoms with Crippen LogP contribution in [0.25, 0.3) is 17.1 Å². The quantitative estimate of drug-likeness (QED) is 0.211. The zero-order chi connectivity index (χ0) is 19.3. The molecule has 0 spiro atoms. The molecule has 0 aliphatic rings. The van der Waals surface area contributed by atoms with Crippen molar-refractivity contribution in [1.29, 1.82) is 0 Å². The van der Waals surface area contributed by atoms with Crippen LogP contribution in [0.1, 0.15) is 12.3 Å². The summed E-state index contributed by atoms with van der Waals surface area (Å²) in [5.41, 5.74) is 1.80. The molecule has 0 aliphatic heterocycles.